The number of carbonyl (C=O) groups is 1. The fourth-order valence-electron chi connectivity index (χ4n) is 2.99. The van der Waals surface area contributed by atoms with Crippen LogP contribution in [-0.4, -0.2) is 42.2 Å². The van der Waals surface area contributed by atoms with Crippen molar-refractivity contribution in [2.45, 2.75) is 37.6 Å². The molecule has 0 atom stereocenters. The molecule has 6 heteroatoms. The minimum atomic E-state index is 0.132. The molecule has 1 aliphatic carbocycles. The van der Waals surface area contributed by atoms with Gasteiger partial charge in [-0.25, -0.2) is 9.97 Å². The second kappa shape index (κ2) is 6.39. The molecule has 21 heavy (non-hydrogen) atoms. The lowest BCUT2D eigenvalue weighted by Crippen LogP contribution is -2.46. The number of nitrogens with zero attached hydrogens (tertiary/aromatic N) is 2. The third-order valence-electron chi connectivity index (χ3n) is 4.44. The zero-order valence-electron chi connectivity index (χ0n) is 12.3. The van der Waals surface area contributed by atoms with Crippen LogP contribution in [0.5, 0.6) is 0 Å². The molecule has 1 aromatic rings. The standard InChI is InChI=1S/C15H22N4O2/c1-16-14-8-13(17-9-18-14)11-6-12(7-11)19-15(20)10-2-4-21-5-3-10/h8-12H,2-7H2,1H3,(H,19,20)(H,16,17,18). The summed E-state index contributed by atoms with van der Waals surface area (Å²) in [6, 6.07) is 2.28. The average molecular weight is 290 g/mol. The third-order valence-corrected chi connectivity index (χ3v) is 4.44. The van der Waals surface area contributed by atoms with Crippen molar-refractivity contribution in [3.63, 3.8) is 0 Å². The van der Waals surface area contributed by atoms with Crippen LogP contribution in [-0.2, 0) is 9.53 Å². The van der Waals surface area contributed by atoms with Crippen LogP contribution >= 0.6 is 0 Å². The van der Waals surface area contributed by atoms with Gasteiger partial charge in [-0.3, -0.25) is 4.79 Å². The maximum absolute atomic E-state index is 12.1. The van der Waals surface area contributed by atoms with Gasteiger partial charge in [0.05, 0.1) is 0 Å². The van der Waals surface area contributed by atoms with E-state index in [1.54, 1.807) is 6.33 Å². The summed E-state index contributed by atoms with van der Waals surface area (Å²) in [5.41, 5.74) is 1.06. The Hall–Kier alpha value is -1.69. The van der Waals surface area contributed by atoms with Crippen molar-refractivity contribution >= 4 is 11.7 Å². The Labute approximate surface area is 124 Å². The molecule has 0 unspecified atom stereocenters. The van der Waals surface area contributed by atoms with Crippen LogP contribution < -0.4 is 10.6 Å². The summed E-state index contributed by atoms with van der Waals surface area (Å²) in [5, 5.41) is 6.19. The molecule has 1 aliphatic heterocycles. The van der Waals surface area contributed by atoms with Crippen LogP contribution in [0.15, 0.2) is 12.4 Å². The van der Waals surface area contributed by atoms with Gasteiger partial charge in [-0.15, -0.1) is 0 Å². The van der Waals surface area contributed by atoms with Crippen LogP contribution in [0.2, 0.25) is 0 Å². The Morgan fingerprint density at radius 2 is 2.05 bits per heavy atom. The van der Waals surface area contributed by atoms with E-state index in [9.17, 15) is 4.79 Å². The average Bonchev–Trinajstić information content (AvgIpc) is 2.51. The number of carbonyl (C=O) groups excluding carboxylic acids is 1. The zero-order valence-corrected chi connectivity index (χ0v) is 12.3. The minimum absolute atomic E-state index is 0.132. The Kier molecular flexibility index (Phi) is 4.34. The molecule has 0 radical (unpaired) electrons. The number of nitrogens with one attached hydrogen (secondary N) is 2. The lowest BCUT2D eigenvalue weighted by molar-refractivity contribution is -0.129. The van der Waals surface area contributed by atoms with Crippen molar-refractivity contribution in [3.8, 4) is 0 Å². The first-order valence-corrected chi connectivity index (χ1v) is 7.64. The SMILES string of the molecule is CNc1cc(C2CC(NC(=O)C3CCOCC3)C2)ncn1. The second-order valence-corrected chi connectivity index (χ2v) is 5.84. The maximum Gasteiger partial charge on any atom is 0.223 e. The molecular formula is C15H22N4O2. The lowest BCUT2D eigenvalue weighted by atomic mass is 9.77. The predicted molar refractivity (Wildman–Crippen MR) is 79.0 cm³/mol. The number of hydrogen-bond donors (Lipinski definition) is 2. The molecule has 0 bridgehead atoms. The Bertz CT molecular complexity index is 496. The molecule has 2 heterocycles. The first kappa shape index (κ1) is 14.3. The summed E-state index contributed by atoms with van der Waals surface area (Å²) in [6.07, 6.45) is 5.22. The highest BCUT2D eigenvalue weighted by atomic mass is 16.5. The van der Waals surface area contributed by atoms with E-state index >= 15 is 0 Å². The highest BCUT2D eigenvalue weighted by Gasteiger charge is 2.34. The topological polar surface area (TPSA) is 76.1 Å². The third kappa shape index (κ3) is 3.32. The Morgan fingerprint density at radius 3 is 2.76 bits per heavy atom. The van der Waals surface area contributed by atoms with Gasteiger partial charge in [-0.1, -0.05) is 0 Å². The van der Waals surface area contributed by atoms with Gasteiger partial charge in [0, 0.05) is 49.9 Å². The van der Waals surface area contributed by atoms with Crippen LogP contribution in [0, 0.1) is 5.92 Å². The van der Waals surface area contributed by atoms with E-state index in [1.807, 2.05) is 13.1 Å². The number of anilines is 1. The summed E-state index contributed by atoms with van der Waals surface area (Å²) >= 11 is 0. The minimum Gasteiger partial charge on any atom is -0.381 e. The summed E-state index contributed by atoms with van der Waals surface area (Å²) in [7, 11) is 1.85. The van der Waals surface area contributed by atoms with Gasteiger partial charge < -0.3 is 15.4 Å². The molecule has 6 nitrogen and oxygen atoms in total. The van der Waals surface area contributed by atoms with Gasteiger partial charge in [0.1, 0.15) is 12.1 Å². The van der Waals surface area contributed by atoms with Gasteiger partial charge in [0.2, 0.25) is 5.91 Å². The van der Waals surface area contributed by atoms with Gasteiger partial charge in [0.15, 0.2) is 0 Å². The second-order valence-electron chi connectivity index (χ2n) is 5.84. The fourth-order valence-corrected chi connectivity index (χ4v) is 2.99. The van der Waals surface area contributed by atoms with Gasteiger partial charge >= 0.3 is 0 Å². The van der Waals surface area contributed by atoms with Crippen molar-refractivity contribution in [2.24, 2.45) is 5.92 Å². The van der Waals surface area contributed by atoms with Crippen molar-refractivity contribution in [1.82, 2.24) is 15.3 Å². The van der Waals surface area contributed by atoms with Crippen molar-refractivity contribution in [2.75, 3.05) is 25.6 Å². The molecule has 0 spiro atoms. The van der Waals surface area contributed by atoms with E-state index in [0.717, 1.165) is 37.2 Å². The normalized spacial score (nSPS) is 26.0. The lowest BCUT2D eigenvalue weighted by Gasteiger charge is -2.36. The van der Waals surface area contributed by atoms with E-state index in [-0.39, 0.29) is 11.8 Å². The molecule has 1 aromatic heterocycles. The Balaban J connectivity index is 1.47. The largest absolute Gasteiger partial charge is 0.381 e. The summed E-state index contributed by atoms with van der Waals surface area (Å²) in [6.45, 7) is 1.41. The van der Waals surface area contributed by atoms with Crippen LogP contribution in [0.4, 0.5) is 5.82 Å². The first-order valence-electron chi connectivity index (χ1n) is 7.64. The van der Waals surface area contributed by atoms with Crippen LogP contribution in [0.1, 0.15) is 37.3 Å². The number of ether oxygens (including phenoxy) is 1. The maximum atomic E-state index is 12.1. The summed E-state index contributed by atoms with van der Waals surface area (Å²) in [4.78, 5) is 20.6. The number of amides is 1. The molecule has 0 aromatic carbocycles. The van der Waals surface area contributed by atoms with E-state index in [1.165, 1.54) is 0 Å². The molecule has 2 fully saturated rings. The molecule has 3 rings (SSSR count). The highest BCUT2D eigenvalue weighted by molar-refractivity contribution is 5.79. The van der Waals surface area contributed by atoms with Crippen LogP contribution in [0.25, 0.3) is 0 Å². The molecule has 1 amide bonds. The number of rotatable bonds is 4. The van der Waals surface area contributed by atoms with E-state index in [2.05, 4.69) is 20.6 Å². The van der Waals surface area contributed by atoms with Gasteiger partial charge in [-0.05, 0) is 25.7 Å². The summed E-state index contributed by atoms with van der Waals surface area (Å²) < 4.78 is 5.29. The first-order chi connectivity index (χ1) is 10.3. The van der Waals surface area contributed by atoms with E-state index in [4.69, 9.17) is 4.74 Å². The van der Waals surface area contributed by atoms with E-state index < -0.39 is 0 Å². The summed E-state index contributed by atoms with van der Waals surface area (Å²) in [5.74, 6) is 1.60. The van der Waals surface area contributed by atoms with Crippen molar-refractivity contribution in [1.29, 1.82) is 0 Å². The van der Waals surface area contributed by atoms with Crippen LogP contribution in [0.3, 0.4) is 0 Å². The van der Waals surface area contributed by atoms with Gasteiger partial charge in [-0.2, -0.15) is 0 Å². The fraction of sp³-hybridized carbons (Fsp3) is 0.667. The molecule has 2 aliphatic rings. The predicted octanol–water partition coefficient (Wildman–Crippen LogP) is 1.31. The molecule has 114 valence electrons. The zero-order chi connectivity index (χ0) is 14.7. The number of hydrogen-bond acceptors (Lipinski definition) is 5. The quantitative estimate of drug-likeness (QED) is 0.874. The van der Waals surface area contributed by atoms with Gasteiger partial charge in [0.25, 0.3) is 0 Å². The smallest absolute Gasteiger partial charge is 0.223 e. The van der Waals surface area contributed by atoms with E-state index in [0.29, 0.717) is 25.2 Å². The van der Waals surface area contributed by atoms with Crippen molar-refractivity contribution < 1.29 is 9.53 Å². The highest BCUT2D eigenvalue weighted by Crippen LogP contribution is 2.36. The number of aromatic nitrogens is 2. The molecule has 1 saturated carbocycles. The monoisotopic (exact) mass is 290 g/mol. The molecular weight excluding hydrogens is 268 g/mol. The van der Waals surface area contributed by atoms with Crippen molar-refractivity contribution in [3.05, 3.63) is 18.1 Å². The Morgan fingerprint density at radius 1 is 1.29 bits per heavy atom. The molecule has 2 N–H and O–H groups in total. The molecule has 1 saturated heterocycles.